The van der Waals surface area contributed by atoms with E-state index in [0.717, 1.165) is 24.1 Å². The van der Waals surface area contributed by atoms with Gasteiger partial charge >= 0.3 is 5.69 Å². The first kappa shape index (κ1) is 19.3. The third-order valence-corrected chi connectivity index (χ3v) is 5.90. The largest absolute Gasteiger partial charge is 0.384 e. The van der Waals surface area contributed by atoms with E-state index >= 15 is 0 Å². The molecule has 0 bridgehead atoms. The molecule has 4 rings (SSSR count). The van der Waals surface area contributed by atoms with Crippen molar-refractivity contribution in [2.24, 2.45) is 0 Å². The summed E-state index contributed by atoms with van der Waals surface area (Å²) in [5.74, 6) is -0.466. The molecule has 0 unspecified atom stereocenters. The number of Topliss-reactive ketones (excluding diaryl/α,β-unsaturated/α-hetero) is 1. The molecule has 3 N–H and O–H groups in total. The number of anilines is 1. The second kappa shape index (κ2) is 7.75. The van der Waals surface area contributed by atoms with Crippen molar-refractivity contribution in [3.8, 4) is 11.3 Å². The van der Waals surface area contributed by atoms with Gasteiger partial charge in [0.1, 0.15) is 11.4 Å². The smallest absolute Gasteiger partial charge is 0.330 e. The van der Waals surface area contributed by atoms with E-state index in [-0.39, 0.29) is 23.2 Å². The van der Waals surface area contributed by atoms with Crippen LogP contribution in [0.15, 0.2) is 51.3 Å². The first-order valence-corrected chi connectivity index (χ1v) is 10.4. The molecular weight excluding hydrogens is 390 g/mol. The molecule has 1 aliphatic carbocycles. The summed E-state index contributed by atoms with van der Waals surface area (Å²) >= 11 is 1.25. The number of imidazole rings is 1. The Morgan fingerprint density at radius 1 is 1.28 bits per heavy atom. The van der Waals surface area contributed by atoms with E-state index in [1.165, 1.54) is 16.3 Å². The Morgan fingerprint density at radius 3 is 2.66 bits per heavy atom. The second-order valence-corrected chi connectivity index (χ2v) is 7.81. The van der Waals surface area contributed by atoms with Crippen LogP contribution in [0.3, 0.4) is 0 Å². The monoisotopic (exact) mass is 411 g/mol. The minimum Gasteiger partial charge on any atom is -0.384 e. The third kappa shape index (κ3) is 3.65. The molecule has 150 valence electrons. The van der Waals surface area contributed by atoms with Gasteiger partial charge in [-0.3, -0.25) is 19.1 Å². The quantitative estimate of drug-likeness (QED) is 0.455. The van der Waals surface area contributed by atoms with Crippen molar-refractivity contribution in [2.45, 2.75) is 37.5 Å². The highest BCUT2D eigenvalue weighted by molar-refractivity contribution is 7.99. The number of ketones is 1. The maximum atomic E-state index is 12.8. The van der Waals surface area contributed by atoms with Crippen molar-refractivity contribution in [3.63, 3.8) is 0 Å². The van der Waals surface area contributed by atoms with Crippen LogP contribution in [0.5, 0.6) is 0 Å². The van der Waals surface area contributed by atoms with Gasteiger partial charge in [-0.15, -0.1) is 0 Å². The Labute approximate surface area is 170 Å². The fourth-order valence-corrected chi connectivity index (χ4v) is 4.27. The number of H-pyrrole nitrogens is 1. The van der Waals surface area contributed by atoms with Crippen molar-refractivity contribution in [1.82, 2.24) is 19.1 Å². The van der Waals surface area contributed by atoms with Crippen molar-refractivity contribution in [1.29, 1.82) is 0 Å². The highest BCUT2D eigenvalue weighted by Crippen LogP contribution is 2.35. The minimum absolute atomic E-state index is 0.00138. The van der Waals surface area contributed by atoms with Gasteiger partial charge in [0, 0.05) is 12.6 Å². The van der Waals surface area contributed by atoms with E-state index in [2.05, 4.69) is 9.97 Å². The van der Waals surface area contributed by atoms with Crippen molar-refractivity contribution >= 4 is 23.4 Å². The summed E-state index contributed by atoms with van der Waals surface area (Å²) in [6.45, 7) is 2.70. The van der Waals surface area contributed by atoms with Gasteiger partial charge < -0.3 is 10.3 Å². The zero-order valence-electron chi connectivity index (χ0n) is 15.9. The third-order valence-electron chi connectivity index (χ3n) is 4.91. The highest BCUT2D eigenvalue weighted by Gasteiger charge is 2.30. The summed E-state index contributed by atoms with van der Waals surface area (Å²) in [5.41, 5.74) is 6.57. The standard InChI is InChI=1S/C20H21N5O3S/c1-2-24-14(12-6-4-3-5-7-12)10-22-20(24)29-11-15(26)16-17(21)25(13-8-9-13)19(28)23-18(16)27/h3-7,10,13H,2,8-9,11,21H2,1H3,(H,23,27,28). The lowest BCUT2D eigenvalue weighted by atomic mass is 10.2. The number of rotatable bonds is 7. The lowest BCUT2D eigenvalue weighted by molar-refractivity contribution is 0.102. The van der Waals surface area contributed by atoms with E-state index in [1.807, 2.05) is 41.8 Å². The van der Waals surface area contributed by atoms with Crippen LogP contribution in [0.1, 0.15) is 36.2 Å². The first-order chi connectivity index (χ1) is 14.0. The zero-order valence-corrected chi connectivity index (χ0v) is 16.7. The molecule has 1 fully saturated rings. The fourth-order valence-electron chi connectivity index (χ4n) is 3.35. The topological polar surface area (TPSA) is 116 Å². The number of carbonyl (C=O) groups is 1. The van der Waals surface area contributed by atoms with Gasteiger partial charge in [0.05, 0.1) is 17.6 Å². The van der Waals surface area contributed by atoms with Gasteiger partial charge in [-0.25, -0.2) is 9.78 Å². The van der Waals surface area contributed by atoms with Crippen LogP contribution < -0.4 is 17.0 Å². The number of hydrogen-bond donors (Lipinski definition) is 2. The molecule has 0 amide bonds. The molecule has 1 saturated carbocycles. The summed E-state index contributed by atoms with van der Waals surface area (Å²) in [6.07, 6.45) is 3.41. The molecule has 2 heterocycles. The summed E-state index contributed by atoms with van der Waals surface area (Å²) in [7, 11) is 0. The molecule has 0 spiro atoms. The number of benzene rings is 1. The van der Waals surface area contributed by atoms with Gasteiger partial charge in [-0.2, -0.15) is 0 Å². The van der Waals surface area contributed by atoms with Gasteiger partial charge in [-0.05, 0) is 25.3 Å². The SMILES string of the molecule is CCn1c(-c2ccccc2)cnc1SCC(=O)c1c(N)n(C2CC2)c(=O)[nH]c1=O. The molecule has 0 radical (unpaired) electrons. The van der Waals surface area contributed by atoms with Gasteiger partial charge in [0.15, 0.2) is 10.9 Å². The number of hydrogen-bond acceptors (Lipinski definition) is 6. The fraction of sp³-hybridized carbons (Fsp3) is 0.300. The summed E-state index contributed by atoms with van der Waals surface area (Å²) < 4.78 is 3.34. The Bertz CT molecular complexity index is 1180. The molecular formula is C20H21N5O3S. The maximum absolute atomic E-state index is 12.8. The molecule has 9 heteroatoms. The van der Waals surface area contributed by atoms with Crippen molar-refractivity contribution in [3.05, 3.63) is 62.9 Å². The number of aromatic amines is 1. The maximum Gasteiger partial charge on any atom is 0.330 e. The van der Waals surface area contributed by atoms with Gasteiger partial charge in [-0.1, -0.05) is 42.1 Å². The number of thioether (sulfide) groups is 1. The molecule has 0 aliphatic heterocycles. The Hall–Kier alpha value is -3.07. The summed E-state index contributed by atoms with van der Waals surface area (Å²) in [4.78, 5) is 43.7. The van der Waals surface area contributed by atoms with Crippen LogP contribution in [0.25, 0.3) is 11.3 Å². The van der Waals surface area contributed by atoms with Crippen LogP contribution in [0.2, 0.25) is 0 Å². The highest BCUT2D eigenvalue weighted by atomic mass is 32.2. The average molecular weight is 411 g/mol. The molecule has 1 aromatic carbocycles. The van der Waals surface area contributed by atoms with E-state index in [1.54, 1.807) is 6.20 Å². The second-order valence-electron chi connectivity index (χ2n) is 6.87. The van der Waals surface area contributed by atoms with Crippen LogP contribution in [-0.2, 0) is 6.54 Å². The van der Waals surface area contributed by atoms with E-state index in [4.69, 9.17) is 5.73 Å². The molecule has 29 heavy (non-hydrogen) atoms. The Kier molecular flexibility index (Phi) is 5.14. The lowest BCUT2D eigenvalue weighted by Gasteiger charge is -2.11. The van der Waals surface area contributed by atoms with Crippen molar-refractivity contribution in [2.75, 3.05) is 11.5 Å². The summed E-state index contributed by atoms with van der Waals surface area (Å²) in [5, 5.41) is 0.685. The van der Waals surface area contributed by atoms with Crippen LogP contribution >= 0.6 is 11.8 Å². The predicted molar refractivity (Wildman–Crippen MR) is 112 cm³/mol. The van der Waals surface area contributed by atoms with Crippen LogP contribution in [-0.4, -0.2) is 30.6 Å². The average Bonchev–Trinajstić information content (AvgIpc) is 3.44. The van der Waals surface area contributed by atoms with Crippen LogP contribution in [0, 0.1) is 0 Å². The number of nitrogen functional groups attached to an aromatic ring is 1. The normalized spacial score (nSPS) is 13.6. The van der Waals surface area contributed by atoms with Crippen LogP contribution in [0.4, 0.5) is 5.82 Å². The summed E-state index contributed by atoms with van der Waals surface area (Å²) in [6, 6.07) is 9.85. The predicted octanol–water partition coefficient (Wildman–Crippen LogP) is 2.31. The molecule has 0 saturated heterocycles. The van der Waals surface area contributed by atoms with Gasteiger partial charge in [0.2, 0.25) is 0 Å². The Balaban J connectivity index is 1.59. The minimum atomic E-state index is -0.737. The van der Waals surface area contributed by atoms with E-state index < -0.39 is 17.0 Å². The van der Waals surface area contributed by atoms with E-state index in [0.29, 0.717) is 11.7 Å². The zero-order chi connectivity index (χ0) is 20.5. The molecule has 8 nitrogen and oxygen atoms in total. The number of carbonyl (C=O) groups excluding carboxylic acids is 1. The van der Waals surface area contributed by atoms with Gasteiger partial charge in [0.25, 0.3) is 5.56 Å². The molecule has 0 atom stereocenters. The molecule has 1 aliphatic rings. The van der Waals surface area contributed by atoms with Crippen molar-refractivity contribution < 1.29 is 4.79 Å². The number of nitrogens with one attached hydrogen (secondary N) is 1. The lowest BCUT2D eigenvalue weighted by Crippen LogP contribution is -2.36. The number of nitrogens with zero attached hydrogens (tertiary/aromatic N) is 3. The molecule has 2 aromatic heterocycles. The first-order valence-electron chi connectivity index (χ1n) is 9.42. The molecule has 3 aromatic rings. The number of nitrogens with two attached hydrogens (primary N) is 1. The van der Waals surface area contributed by atoms with E-state index in [9.17, 15) is 14.4 Å². The Morgan fingerprint density at radius 2 is 2.00 bits per heavy atom. The number of aromatic nitrogens is 4.